The molecule has 37 heavy (non-hydrogen) atoms. The number of amides is 2. The molecule has 0 aromatic heterocycles. The largest absolute Gasteiger partial charge is 0.357 e. The van der Waals surface area contributed by atoms with Crippen LogP contribution < -0.4 is 9.62 Å². The molecule has 3 aromatic rings. The molecular weight excluding hydrogens is 486 g/mol. The highest BCUT2D eigenvalue weighted by Crippen LogP contribution is 2.27. The average molecular weight is 522 g/mol. The van der Waals surface area contributed by atoms with Gasteiger partial charge in [0.1, 0.15) is 12.6 Å². The molecule has 0 fully saturated rings. The zero-order valence-electron chi connectivity index (χ0n) is 22.3. The number of sulfonamides is 1. The molecule has 1 N–H and O–H groups in total. The van der Waals surface area contributed by atoms with Crippen LogP contribution in [0.2, 0.25) is 0 Å². The Labute approximate surface area is 220 Å². The number of anilines is 1. The summed E-state index contributed by atoms with van der Waals surface area (Å²) in [4.78, 5) is 27.9. The molecule has 0 aliphatic rings. The quantitative estimate of drug-likeness (QED) is 0.455. The Balaban J connectivity index is 2.06. The summed E-state index contributed by atoms with van der Waals surface area (Å²) in [5.74, 6) is -0.813. The number of carbonyl (C=O) groups is 2. The van der Waals surface area contributed by atoms with E-state index < -0.39 is 28.5 Å². The second kappa shape index (κ2) is 11.6. The molecule has 0 aliphatic carbocycles. The second-order valence-electron chi connectivity index (χ2n) is 9.39. The lowest BCUT2D eigenvalue weighted by atomic mass is 10.1. The van der Waals surface area contributed by atoms with Gasteiger partial charge in [0.25, 0.3) is 10.0 Å². The SMILES string of the molecule is CNC(=O)[C@H](C)N(Cc1cccc(C)c1)C(=O)CN(c1ccc(C)c(C)c1)S(=O)(=O)c1ccc(C)cc1. The Morgan fingerprint density at radius 1 is 0.865 bits per heavy atom. The van der Waals surface area contributed by atoms with Gasteiger partial charge in [-0.15, -0.1) is 0 Å². The van der Waals surface area contributed by atoms with Crippen molar-refractivity contribution in [2.45, 2.75) is 52.1 Å². The lowest BCUT2D eigenvalue weighted by Gasteiger charge is -2.32. The van der Waals surface area contributed by atoms with E-state index in [4.69, 9.17) is 0 Å². The first kappa shape index (κ1) is 27.9. The summed E-state index contributed by atoms with van der Waals surface area (Å²) >= 11 is 0. The highest BCUT2D eigenvalue weighted by atomic mass is 32.2. The van der Waals surface area contributed by atoms with Crippen molar-refractivity contribution in [1.82, 2.24) is 10.2 Å². The molecule has 7 nitrogen and oxygen atoms in total. The Morgan fingerprint density at radius 2 is 1.54 bits per heavy atom. The van der Waals surface area contributed by atoms with E-state index >= 15 is 0 Å². The van der Waals surface area contributed by atoms with Gasteiger partial charge in [-0.3, -0.25) is 13.9 Å². The molecule has 8 heteroatoms. The molecule has 2 amide bonds. The van der Waals surface area contributed by atoms with Crippen LogP contribution in [0.1, 0.15) is 34.7 Å². The molecule has 0 heterocycles. The number of nitrogens with zero attached hydrogens (tertiary/aromatic N) is 2. The number of hydrogen-bond acceptors (Lipinski definition) is 4. The van der Waals surface area contributed by atoms with Crippen molar-refractivity contribution in [2.24, 2.45) is 0 Å². The zero-order valence-corrected chi connectivity index (χ0v) is 23.1. The van der Waals surface area contributed by atoms with Crippen LogP contribution in [0.5, 0.6) is 0 Å². The van der Waals surface area contributed by atoms with Crippen LogP contribution in [0, 0.1) is 27.7 Å². The number of nitrogens with one attached hydrogen (secondary N) is 1. The molecule has 1 atom stereocenters. The molecule has 0 saturated heterocycles. The predicted octanol–water partition coefficient (Wildman–Crippen LogP) is 4.28. The predicted molar refractivity (Wildman–Crippen MR) is 147 cm³/mol. The van der Waals surface area contributed by atoms with Crippen molar-refractivity contribution in [3.63, 3.8) is 0 Å². The van der Waals surface area contributed by atoms with E-state index in [9.17, 15) is 18.0 Å². The van der Waals surface area contributed by atoms with E-state index in [0.29, 0.717) is 5.69 Å². The van der Waals surface area contributed by atoms with E-state index in [1.807, 2.05) is 58.0 Å². The van der Waals surface area contributed by atoms with Gasteiger partial charge in [0, 0.05) is 13.6 Å². The van der Waals surface area contributed by atoms with Gasteiger partial charge in [-0.1, -0.05) is 53.6 Å². The maximum atomic E-state index is 13.8. The number of rotatable bonds is 9. The van der Waals surface area contributed by atoms with Gasteiger partial charge >= 0.3 is 0 Å². The third-order valence-electron chi connectivity index (χ3n) is 6.52. The van der Waals surface area contributed by atoms with Gasteiger partial charge in [-0.05, 0) is 75.6 Å². The van der Waals surface area contributed by atoms with Crippen molar-refractivity contribution in [3.05, 3.63) is 94.5 Å². The lowest BCUT2D eigenvalue weighted by molar-refractivity contribution is -0.139. The smallest absolute Gasteiger partial charge is 0.264 e. The van der Waals surface area contributed by atoms with Crippen molar-refractivity contribution in [2.75, 3.05) is 17.9 Å². The van der Waals surface area contributed by atoms with Gasteiger partial charge < -0.3 is 10.2 Å². The molecule has 0 saturated carbocycles. The first-order valence-electron chi connectivity index (χ1n) is 12.2. The number of carbonyl (C=O) groups excluding carboxylic acids is 2. The van der Waals surface area contributed by atoms with E-state index in [0.717, 1.165) is 32.1 Å². The van der Waals surface area contributed by atoms with Crippen LogP contribution in [0.15, 0.2) is 71.6 Å². The normalized spacial score (nSPS) is 12.1. The highest BCUT2D eigenvalue weighted by molar-refractivity contribution is 7.92. The Kier molecular flexibility index (Phi) is 8.76. The summed E-state index contributed by atoms with van der Waals surface area (Å²) in [6.07, 6.45) is 0. The summed E-state index contributed by atoms with van der Waals surface area (Å²) in [6, 6.07) is 18.7. The van der Waals surface area contributed by atoms with Gasteiger partial charge in [-0.2, -0.15) is 0 Å². The molecule has 0 unspecified atom stereocenters. The molecule has 196 valence electrons. The lowest BCUT2D eigenvalue weighted by Crippen LogP contribution is -2.50. The fraction of sp³-hybridized carbons (Fsp3) is 0.310. The minimum atomic E-state index is -4.07. The van der Waals surface area contributed by atoms with Crippen molar-refractivity contribution >= 4 is 27.5 Å². The van der Waals surface area contributed by atoms with Gasteiger partial charge in [0.05, 0.1) is 10.6 Å². The zero-order chi connectivity index (χ0) is 27.3. The van der Waals surface area contributed by atoms with Crippen molar-refractivity contribution in [3.8, 4) is 0 Å². The Bertz CT molecular complexity index is 1380. The standard InChI is InChI=1S/C29H35N3O4S/c1-20-10-14-27(15-11-20)37(35,36)32(26-13-12-22(3)23(4)17-26)19-28(33)31(24(5)29(34)30-6)18-25-9-7-8-21(2)16-25/h7-17,24H,18-19H2,1-6H3,(H,30,34)/t24-/m0/s1. The topological polar surface area (TPSA) is 86.8 Å². The summed E-state index contributed by atoms with van der Waals surface area (Å²) in [5.41, 5.74) is 5.11. The van der Waals surface area contributed by atoms with Gasteiger partial charge in [0.15, 0.2) is 0 Å². The van der Waals surface area contributed by atoms with E-state index in [1.54, 1.807) is 43.3 Å². The van der Waals surface area contributed by atoms with E-state index in [-0.39, 0.29) is 17.3 Å². The first-order chi connectivity index (χ1) is 17.4. The summed E-state index contributed by atoms with van der Waals surface area (Å²) in [7, 11) is -2.56. The molecule has 3 rings (SSSR count). The maximum Gasteiger partial charge on any atom is 0.264 e. The fourth-order valence-electron chi connectivity index (χ4n) is 4.05. The van der Waals surface area contributed by atoms with Crippen molar-refractivity contribution < 1.29 is 18.0 Å². The monoisotopic (exact) mass is 521 g/mol. The first-order valence-corrected chi connectivity index (χ1v) is 13.6. The number of aryl methyl sites for hydroxylation is 4. The van der Waals surface area contributed by atoms with Crippen LogP contribution in [-0.4, -0.2) is 44.8 Å². The van der Waals surface area contributed by atoms with Crippen molar-refractivity contribution in [1.29, 1.82) is 0 Å². The van der Waals surface area contributed by atoms with E-state index in [2.05, 4.69) is 5.32 Å². The summed E-state index contributed by atoms with van der Waals surface area (Å²) in [6.45, 7) is 9.03. The van der Waals surface area contributed by atoms with Crippen LogP contribution in [0.3, 0.4) is 0 Å². The van der Waals surface area contributed by atoms with Crippen LogP contribution >= 0.6 is 0 Å². The third-order valence-corrected chi connectivity index (χ3v) is 8.30. The number of benzene rings is 3. The Hall–Kier alpha value is -3.65. The van der Waals surface area contributed by atoms with Crippen LogP contribution in [0.4, 0.5) is 5.69 Å². The molecular formula is C29H35N3O4S. The Morgan fingerprint density at radius 3 is 2.14 bits per heavy atom. The molecule has 0 aliphatic heterocycles. The minimum absolute atomic E-state index is 0.0914. The summed E-state index contributed by atoms with van der Waals surface area (Å²) < 4.78 is 28.8. The third kappa shape index (κ3) is 6.57. The average Bonchev–Trinajstić information content (AvgIpc) is 2.86. The molecule has 0 spiro atoms. The summed E-state index contributed by atoms with van der Waals surface area (Å²) in [5, 5.41) is 2.59. The number of hydrogen-bond donors (Lipinski definition) is 1. The highest BCUT2D eigenvalue weighted by Gasteiger charge is 2.32. The van der Waals surface area contributed by atoms with E-state index in [1.165, 1.54) is 11.9 Å². The second-order valence-corrected chi connectivity index (χ2v) is 11.3. The van der Waals surface area contributed by atoms with Gasteiger partial charge in [0.2, 0.25) is 11.8 Å². The van der Waals surface area contributed by atoms with Crippen LogP contribution in [0.25, 0.3) is 0 Å². The molecule has 0 radical (unpaired) electrons. The fourth-order valence-corrected chi connectivity index (χ4v) is 5.45. The van der Waals surface area contributed by atoms with Gasteiger partial charge in [-0.25, -0.2) is 8.42 Å². The molecule has 3 aromatic carbocycles. The molecule has 0 bridgehead atoms. The number of likely N-dealkylation sites (N-methyl/N-ethyl adjacent to an activating group) is 1. The van der Waals surface area contributed by atoms with Crippen LogP contribution in [-0.2, 0) is 26.2 Å². The minimum Gasteiger partial charge on any atom is -0.357 e. The maximum absolute atomic E-state index is 13.8.